The molecule has 0 fully saturated rings. The number of rotatable bonds is 5. The first kappa shape index (κ1) is 14.4. The highest BCUT2D eigenvalue weighted by Crippen LogP contribution is 2.33. The van der Waals surface area contributed by atoms with Crippen LogP contribution in [0.2, 0.25) is 0 Å². The SMILES string of the molecule is COc1ccc(C(=O)O)cc1Oc1nc[nH]c(=O)c1OC. The van der Waals surface area contributed by atoms with E-state index in [1.165, 1.54) is 32.4 Å². The number of methoxy groups -OCH3 is 2. The Morgan fingerprint density at radius 3 is 2.62 bits per heavy atom. The summed E-state index contributed by atoms with van der Waals surface area (Å²) in [5, 5.41) is 8.99. The summed E-state index contributed by atoms with van der Waals surface area (Å²) in [7, 11) is 2.70. The summed E-state index contributed by atoms with van der Waals surface area (Å²) in [6.07, 6.45) is 1.15. The van der Waals surface area contributed by atoms with Crippen molar-refractivity contribution in [1.29, 1.82) is 0 Å². The smallest absolute Gasteiger partial charge is 0.335 e. The molecule has 0 aliphatic carbocycles. The molecule has 0 saturated carbocycles. The van der Waals surface area contributed by atoms with E-state index in [4.69, 9.17) is 19.3 Å². The van der Waals surface area contributed by atoms with Gasteiger partial charge in [-0.25, -0.2) is 9.78 Å². The molecule has 2 aromatic rings. The standard InChI is InChI=1S/C13H12N2O6/c1-19-8-4-3-7(13(17)18)5-9(8)21-12-10(20-2)11(16)14-6-15-12/h3-6H,1-2H3,(H,17,18)(H,14,15,16). The van der Waals surface area contributed by atoms with Gasteiger partial charge in [0.05, 0.1) is 26.1 Å². The molecule has 0 bridgehead atoms. The van der Waals surface area contributed by atoms with Gasteiger partial charge in [0.2, 0.25) is 5.75 Å². The van der Waals surface area contributed by atoms with Gasteiger partial charge in [-0.05, 0) is 18.2 Å². The van der Waals surface area contributed by atoms with Gasteiger partial charge in [0.25, 0.3) is 11.4 Å². The van der Waals surface area contributed by atoms with Crippen LogP contribution >= 0.6 is 0 Å². The fourth-order valence-corrected chi connectivity index (χ4v) is 1.62. The lowest BCUT2D eigenvalue weighted by atomic mass is 10.2. The summed E-state index contributed by atoms with van der Waals surface area (Å²) in [6, 6.07) is 4.08. The van der Waals surface area contributed by atoms with Crippen LogP contribution in [0.4, 0.5) is 0 Å². The average Bonchev–Trinajstić information content (AvgIpc) is 2.47. The molecule has 0 saturated heterocycles. The number of nitrogens with one attached hydrogen (secondary N) is 1. The Morgan fingerprint density at radius 1 is 1.24 bits per heavy atom. The summed E-state index contributed by atoms with van der Waals surface area (Å²) in [6.45, 7) is 0. The van der Waals surface area contributed by atoms with Gasteiger partial charge in [-0.2, -0.15) is 0 Å². The molecule has 0 aliphatic heterocycles. The summed E-state index contributed by atoms with van der Waals surface area (Å²) in [5.74, 6) is -0.936. The molecule has 0 atom stereocenters. The summed E-state index contributed by atoms with van der Waals surface area (Å²) in [5.41, 5.74) is -0.509. The Kier molecular flexibility index (Phi) is 4.07. The molecule has 110 valence electrons. The Labute approximate surface area is 118 Å². The highest BCUT2D eigenvalue weighted by atomic mass is 16.5. The second kappa shape index (κ2) is 5.95. The van der Waals surface area contributed by atoms with E-state index >= 15 is 0 Å². The molecule has 0 spiro atoms. The average molecular weight is 292 g/mol. The monoisotopic (exact) mass is 292 g/mol. The summed E-state index contributed by atoms with van der Waals surface area (Å²) >= 11 is 0. The van der Waals surface area contributed by atoms with Crippen LogP contribution in [0, 0.1) is 0 Å². The molecule has 1 aromatic heterocycles. The lowest BCUT2D eigenvalue weighted by Gasteiger charge is -2.11. The van der Waals surface area contributed by atoms with Gasteiger partial charge >= 0.3 is 5.97 Å². The number of carboxylic acid groups (broad SMARTS) is 1. The van der Waals surface area contributed by atoms with Crippen LogP contribution in [-0.2, 0) is 0 Å². The molecular weight excluding hydrogens is 280 g/mol. The Balaban J connectivity index is 2.48. The number of carbonyl (C=O) groups is 1. The third kappa shape index (κ3) is 2.94. The first-order chi connectivity index (χ1) is 10.1. The molecule has 8 nitrogen and oxygen atoms in total. The van der Waals surface area contributed by atoms with Crippen LogP contribution < -0.4 is 19.8 Å². The predicted molar refractivity (Wildman–Crippen MR) is 71.4 cm³/mol. The van der Waals surface area contributed by atoms with Gasteiger partial charge in [0.15, 0.2) is 11.5 Å². The van der Waals surface area contributed by atoms with Crippen molar-refractivity contribution in [3.05, 3.63) is 40.4 Å². The van der Waals surface area contributed by atoms with Crippen molar-refractivity contribution in [3.63, 3.8) is 0 Å². The third-order valence-electron chi connectivity index (χ3n) is 2.60. The van der Waals surface area contributed by atoms with Crippen molar-refractivity contribution >= 4 is 5.97 Å². The van der Waals surface area contributed by atoms with Crippen molar-refractivity contribution in [1.82, 2.24) is 9.97 Å². The predicted octanol–water partition coefficient (Wildman–Crippen LogP) is 1.28. The summed E-state index contributed by atoms with van der Waals surface area (Å²) < 4.78 is 15.4. The molecule has 2 rings (SSSR count). The first-order valence-corrected chi connectivity index (χ1v) is 5.77. The van der Waals surface area contributed by atoms with Gasteiger partial charge in [-0.1, -0.05) is 0 Å². The van der Waals surface area contributed by atoms with Crippen molar-refractivity contribution in [2.24, 2.45) is 0 Å². The van der Waals surface area contributed by atoms with Crippen LogP contribution in [0.3, 0.4) is 0 Å². The highest BCUT2D eigenvalue weighted by molar-refractivity contribution is 5.88. The van der Waals surface area contributed by atoms with Crippen LogP contribution in [0.15, 0.2) is 29.3 Å². The number of aromatic carboxylic acids is 1. The van der Waals surface area contributed by atoms with Crippen LogP contribution in [0.5, 0.6) is 23.1 Å². The third-order valence-corrected chi connectivity index (χ3v) is 2.60. The van der Waals surface area contributed by atoms with Crippen molar-refractivity contribution < 1.29 is 24.1 Å². The lowest BCUT2D eigenvalue weighted by Crippen LogP contribution is -2.11. The van der Waals surface area contributed by atoms with E-state index in [0.717, 1.165) is 6.33 Å². The van der Waals surface area contributed by atoms with E-state index in [9.17, 15) is 9.59 Å². The van der Waals surface area contributed by atoms with Crippen LogP contribution in [-0.4, -0.2) is 35.3 Å². The van der Waals surface area contributed by atoms with E-state index < -0.39 is 11.5 Å². The minimum absolute atomic E-state index is 0.00890. The minimum Gasteiger partial charge on any atom is -0.493 e. The van der Waals surface area contributed by atoms with E-state index in [1.807, 2.05) is 0 Å². The van der Waals surface area contributed by atoms with Crippen LogP contribution in [0.1, 0.15) is 10.4 Å². The number of aromatic nitrogens is 2. The first-order valence-electron chi connectivity index (χ1n) is 5.77. The van der Waals surface area contributed by atoms with E-state index in [1.54, 1.807) is 0 Å². The number of benzene rings is 1. The molecule has 8 heteroatoms. The van der Waals surface area contributed by atoms with Crippen molar-refractivity contribution in [2.75, 3.05) is 14.2 Å². The zero-order valence-corrected chi connectivity index (χ0v) is 11.2. The van der Waals surface area contributed by atoms with E-state index in [0.29, 0.717) is 5.75 Å². The zero-order chi connectivity index (χ0) is 15.4. The molecule has 1 heterocycles. The topological polar surface area (TPSA) is 111 Å². The molecule has 0 radical (unpaired) electrons. The van der Waals surface area contributed by atoms with Gasteiger partial charge in [-0.3, -0.25) is 4.79 Å². The number of H-pyrrole nitrogens is 1. The second-order valence-corrected chi connectivity index (χ2v) is 3.84. The normalized spacial score (nSPS) is 10.0. The zero-order valence-electron chi connectivity index (χ0n) is 11.2. The van der Waals surface area contributed by atoms with E-state index in [-0.39, 0.29) is 22.9 Å². The van der Waals surface area contributed by atoms with Crippen molar-refractivity contribution in [2.45, 2.75) is 0 Å². The molecule has 0 aliphatic rings. The van der Waals surface area contributed by atoms with Crippen molar-refractivity contribution in [3.8, 4) is 23.1 Å². The quantitative estimate of drug-likeness (QED) is 0.853. The number of nitrogens with zero attached hydrogens (tertiary/aromatic N) is 1. The molecule has 1 aromatic carbocycles. The molecule has 0 amide bonds. The fraction of sp³-hybridized carbons (Fsp3) is 0.154. The Hall–Kier alpha value is -3.03. The lowest BCUT2D eigenvalue weighted by molar-refractivity contribution is 0.0696. The number of carboxylic acids is 1. The van der Waals surface area contributed by atoms with Gasteiger partial charge in [0, 0.05) is 0 Å². The maximum Gasteiger partial charge on any atom is 0.335 e. The largest absolute Gasteiger partial charge is 0.493 e. The number of hydrogen-bond donors (Lipinski definition) is 2. The molecule has 2 N–H and O–H groups in total. The Bertz CT molecular complexity index is 725. The summed E-state index contributed by atoms with van der Waals surface area (Å²) in [4.78, 5) is 28.7. The number of hydrogen-bond acceptors (Lipinski definition) is 6. The van der Waals surface area contributed by atoms with Gasteiger partial charge in [-0.15, -0.1) is 0 Å². The number of aromatic amines is 1. The fourth-order valence-electron chi connectivity index (χ4n) is 1.62. The molecular formula is C13H12N2O6. The maximum atomic E-state index is 11.6. The molecule has 0 unspecified atom stereocenters. The van der Waals surface area contributed by atoms with E-state index in [2.05, 4.69) is 9.97 Å². The van der Waals surface area contributed by atoms with Gasteiger partial charge in [0.1, 0.15) is 0 Å². The number of ether oxygens (including phenoxy) is 3. The maximum absolute atomic E-state index is 11.6. The minimum atomic E-state index is -1.12. The van der Waals surface area contributed by atoms with Crippen LogP contribution in [0.25, 0.3) is 0 Å². The molecule has 21 heavy (non-hydrogen) atoms. The van der Waals surface area contributed by atoms with Gasteiger partial charge < -0.3 is 24.3 Å². The highest BCUT2D eigenvalue weighted by Gasteiger charge is 2.16. The Morgan fingerprint density at radius 2 is 2.00 bits per heavy atom. The second-order valence-electron chi connectivity index (χ2n) is 3.84.